The molecule has 0 radical (unpaired) electrons. The lowest BCUT2D eigenvalue weighted by atomic mass is 10.1. The minimum absolute atomic E-state index is 0.650. The summed E-state index contributed by atoms with van der Waals surface area (Å²) < 4.78 is 0. The van der Waals surface area contributed by atoms with E-state index in [2.05, 4.69) is 63.8 Å². The third-order valence-electron chi connectivity index (χ3n) is 3.65. The van der Waals surface area contributed by atoms with E-state index in [1.165, 1.54) is 17.8 Å². The number of para-hydroxylation sites is 1. The molecule has 0 saturated carbocycles. The second-order valence-electron chi connectivity index (χ2n) is 4.69. The highest BCUT2D eigenvalue weighted by Gasteiger charge is 2.23. The maximum absolute atomic E-state index is 3.58. The zero-order chi connectivity index (χ0) is 12.3. The Morgan fingerprint density at radius 2 is 2.06 bits per heavy atom. The van der Waals surface area contributed by atoms with E-state index in [1.54, 1.807) is 0 Å². The van der Waals surface area contributed by atoms with E-state index in [0.29, 0.717) is 6.04 Å². The Labute approximate surface area is 113 Å². The molecule has 0 aliphatic carbocycles. The fourth-order valence-corrected chi connectivity index (χ4v) is 3.09. The van der Waals surface area contributed by atoms with Gasteiger partial charge in [-0.25, -0.2) is 0 Å². The number of alkyl halides is 1. The molecule has 1 heterocycles. The van der Waals surface area contributed by atoms with Crippen LogP contribution in [0.1, 0.15) is 19.4 Å². The van der Waals surface area contributed by atoms with Gasteiger partial charge in [-0.1, -0.05) is 41.1 Å². The first-order chi connectivity index (χ1) is 8.26. The highest BCUT2D eigenvalue weighted by atomic mass is 79.9. The quantitative estimate of drug-likeness (QED) is 0.791. The van der Waals surface area contributed by atoms with Crippen LogP contribution in [0.3, 0.4) is 0 Å². The van der Waals surface area contributed by atoms with Crippen LogP contribution < -0.4 is 4.90 Å². The largest absolute Gasteiger partial charge is 0.368 e. The molecular formula is C14H21BrN2. The minimum Gasteiger partial charge on any atom is -0.368 e. The highest BCUT2D eigenvalue weighted by molar-refractivity contribution is 9.08. The van der Waals surface area contributed by atoms with Gasteiger partial charge in [0.25, 0.3) is 0 Å². The van der Waals surface area contributed by atoms with Crippen molar-refractivity contribution < 1.29 is 0 Å². The van der Waals surface area contributed by atoms with Crippen molar-refractivity contribution in [2.45, 2.75) is 25.2 Å². The number of halogens is 1. The highest BCUT2D eigenvalue weighted by Crippen LogP contribution is 2.25. The van der Waals surface area contributed by atoms with Gasteiger partial charge in [0, 0.05) is 36.7 Å². The lowest BCUT2D eigenvalue weighted by Gasteiger charge is -2.41. The van der Waals surface area contributed by atoms with Crippen LogP contribution in [0.15, 0.2) is 24.3 Å². The fraction of sp³-hybridized carbons (Fsp3) is 0.571. The molecule has 0 bridgehead atoms. The van der Waals surface area contributed by atoms with Gasteiger partial charge in [-0.3, -0.25) is 4.90 Å². The number of hydrogen-bond acceptors (Lipinski definition) is 2. The van der Waals surface area contributed by atoms with Crippen LogP contribution in [0.4, 0.5) is 5.69 Å². The molecular weight excluding hydrogens is 276 g/mol. The molecule has 0 N–H and O–H groups in total. The molecule has 2 nitrogen and oxygen atoms in total. The van der Waals surface area contributed by atoms with Crippen molar-refractivity contribution in [1.82, 2.24) is 4.90 Å². The number of nitrogens with zero attached hydrogens (tertiary/aromatic N) is 2. The van der Waals surface area contributed by atoms with E-state index in [-0.39, 0.29) is 0 Å². The summed E-state index contributed by atoms with van der Waals surface area (Å²) in [6.07, 6.45) is 0. The Bertz CT molecular complexity index is 367. The number of likely N-dealkylation sites (N-methyl/N-ethyl adjacent to an activating group) is 1. The zero-order valence-electron chi connectivity index (χ0n) is 10.7. The molecule has 94 valence electrons. The van der Waals surface area contributed by atoms with Crippen LogP contribution in [0.5, 0.6) is 0 Å². The monoisotopic (exact) mass is 296 g/mol. The second-order valence-corrected chi connectivity index (χ2v) is 5.25. The standard InChI is InChI=1S/C14H21BrN2/c1-3-16-8-9-17(11-12(16)2)14-7-5-4-6-13(14)10-15/h4-7,12H,3,8-11H2,1-2H3. The topological polar surface area (TPSA) is 6.48 Å². The summed E-state index contributed by atoms with van der Waals surface area (Å²) >= 11 is 3.58. The van der Waals surface area contributed by atoms with E-state index in [9.17, 15) is 0 Å². The summed E-state index contributed by atoms with van der Waals surface area (Å²) in [6, 6.07) is 9.35. The number of rotatable bonds is 3. The van der Waals surface area contributed by atoms with Crippen molar-refractivity contribution in [3.05, 3.63) is 29.8 Å². The average Bonchev–Trinajstić information content (AvgIpc) is 2.38. The van der Waals surface area contributed by atoms with Gasteiger partial charge in [0.05, 0.1) is 0 Å². The smallest absolute Gasteiger partial charge is 0.0408 e. The van der Waals surface area contributed by atoms with Crippen LogP contribution in [0.2, 0.25) is 0 Å². The Kier molecular flexibility index (Phi) is 4.46. The minimum atomic E-state index is 0.650. The molecule has 1 saturated heterocycles. The summed E-state index contributed by atoms with van der Waals surface area (Å²) in [7, 11) is 0. The van der Waals surface area contributed by atoms with Gasteiger partial charge < -0.3 is 4.90 Å². The molecule has 17 heavy (non-hydrogen) atoms. The summed E-state index contributed by atoms with van der Waals surface area (Å²) in [5.41, 5.74) is 2.79. The first-order valence-electron chi connectivity index (χ1n) is 6.39. The molecule has 1 aliphatic heterocycles. The van der Waals surface area contributed by atoms with Crippen molar-refractivity contribution in [1.29, 1.82) is 0 Å². The van der Waals surface area contributed by atoms with Gasteiger partial charge in [-0.15, -0.1) is 0 Å². The summed E-state index contributed by atoms with van der Waals surface area (Å²) in [5.74, 6) is 0. The lowest BCUT2D eigenvalue weighted by Crippen LogP contribution is -2.51. The van der Waals surface area contributed by atoms with E-state index in [0.717, 1.165) is 25.0 Å². The van der Waals surface area contributed by atoms with E-state index >= 15 is 0 Å². The third kappa shape index (κ3) is 2.83. The predicted molar refractivity (Wildman–Crippen MR) is 78.0 cm³/mol. The second kappa shape index (κ2) is 5.87. The molecule has 1 aromatic rings. The Hall–Kier alpha value is -0.540. The van der Waals surface area contributed by atoms with Crippen LogP contribution in [0.25, 0.3) is 0 Å². The molecule has 3 heteroatoms. The molecule has 1 fully saturated rings. The third-order valence-corrected chi connectivity index (χ3v) is 4.25. The van der Waals surface area contributed by atoms with Crippen molar-refractivity contribution in [2.24, 2.45) is 0 Å². The van der Waals surface area contributed by atoms with Crippen molar-refractivity contribution in [3.8, 4) is 0 Å². The van der Waals surface area contributed by atoms with Crippen LogP contribution in [-0.4, -0.2) is 37.1 Å². The van der Waals surface area contributed by atoms with Gasteiger partial charge in [0.15, 0.2) is 0 Å². The van der Waals surface area contributed by atoms with Gasteiger partial charge in [0.2, 0.25) is 0 Å². The lowest BCUT2D eigenvalue weighted by molar-refractivity contribution is 0.199. The van der Waals surface area contributed by atoms with Crippen LogP contribution in [-0.2, 0) is 5.33 Å². The first-order valence-corrected chi connectivity index (χ1v) is 7.51. The van der Waals surface area contributed by atoms with Gasteiger partial charge in [-0.05, 0) is 25.1 Å². The molecule has 1 aliphatic rings. The van der Waals surface area contributed by atoms with E-state index in [1.807, 2.05) is 0 Å². The summed E-state index contributed by atoms with van der Waals surface area (Å²) in [4.78, 5) is 5.07. The molecule has 0 spiro atoms. The van der Waals surface area contributed by atoms with E-state index in [4.69, 9.17) is 0 Å². The van der Waals surface area contributed by atoms with Crippen molar-refractivity contribution >= 4 is 21.6 Å². The van der Waals surface area contributed by atoms with Crippen molar-refractivity contribution in [3.63, 3.8) is 0 Å². The van der Waals surface area contributed by atoms with Crippen molar-refractivity contribution in [2.75, 3.05) is 31.1 Å². The van der Waals surface area contributed by atoms with Crippen LogP contribution in [0, 0.1) is 0 Å². The maximum atomic E-state index is 3.58. The molecule has 0 amide bonds. The number of hydrogen-bond donors (Lipinski definition) is 0. The normalized spacial score (nSPS) is 21.8. The summed E-state index contributed by atoms with van der Waals surface area (Å²) in [6.45, 7) is 9.19. The predicted octanol–water partition coefficient (Wildman–Crippen LogP) is 3.11. The van der Waals surface area contributed by atoms with Gasteiger partial charge >= 0.3 is 0 Å². The Balaban J connectivity index is 2.13. The maximum Gasteiger partial charge on any atom is 0.0408 e. The first kappa shape index (κ1) is 12.9. The van der Waals surface area contributed by atoms with Crippen LogP contribution >= 0.6 is 15.9 Å². The fourth-order valence-electron chi connectivity index (χ4n) is 2.62. The average molecular weight is 297 g/mol. The number of anilines is 1. The summed E-state index contributed by atoms with van der Waals surface area (Å²) in [5, 5.41) is 0.936. The van der Waals surface area contributed by atoms with Gasteiger partial charge in [0.1, 0.15) is 0 Å². The molecule has 2 rings (SSSR count). The zero-order valence-corrected chi connectivity index (χ0v) is 12.3. The SMILES string of the molecule is CCN1CCN(c2ccccc2CBr)CC1C. The number of benzene rings is 1. The molecule has 1 aromatic carbocycles. The number of piperazine rings is 1. The molecule has 1 unspecified atom stereocenters. The molecule has 1 atom stereocenters. The Morgan fingerprint density at radius 1 is 1.29 bits per heavy atom. The van der Waals surface area contributed by atoms with Gasteiger partial charge in [-0.2, -0.15) is 0 Å². The Morgan fingerprint density at radius 3 is 2.71 bits per heavy atom. The van der Waals surface area contributed by atoms with E-state index < -0.39 is 0 Å². The molecule has 0 aromatic heterocycles.